The topological polar surface area (TPSA) is 21.3 Å². The fourth-order valence-corrected chi connectivity index (χ4v) is 3.55. The van der Waals surface area contributed by atoms with Crippen LogP contribution in [0.5, 0.6) is 5.75 Å². The lowest BCUT2D eigenvalue weighted by Crippen LogP contribution is -2.23. The van der Waals surface area contributed by atoms with E-state index in [1.165, 1.54) is 28.4 Å². The van der Waals surface area contributed by atoms with E-state index in [9.17, 15) is 0 Å². The third-order valence-electron chi connectivity index (χ3n) is 3.80. The highest BCUT2D eigenvalue weighted by molar-refractivity contribution is 9.10. The first-order chi connectivity index (χ1) is 8.67. The summed E-state index contributed by atoms with van der Waals surface area (Å²) >= 11 is 3.71. The van der Waals surface area contributed by atoms with E-state index < -0.39 is 0 Å². The lowest BCUT2D eigenvalue weighted by Gasteiger charge is -2.22. The first-order valence-electron chi connectivity index (χ1n) is 6.76. The van der Waals surface area contributed by atoms with Gasteiger partial charge in [-0.25, -0.2) is 0 Å². The van der Waals surface area contributed by atoms with Crippen molar-refractivity contribution in [2.75, 3.05) is 13.7 Å². The van der Waals surface area contributed by atoms with Crippen LogP contribution in [-0.4, -0.2) is 13.7 Å². The normalized spacial score (nSPS) is 23.3. The molecule has 0 aliphatic heterocycles. The second-order valence-electron chi connectivity index (χ2n) is 5.13. The van der Waals surface area contributed by atoms with Gasteiger partial charge in [0, 0.05) is 16.1 Å². The quantitative estimate of drug-likeness (QED) is 0.849. The minimum Gasteiger partial charge on any atom is -0.496 e. The Morgan fingerprint density at radius 2 is 2.22 bits per heavy atom. The first kappa shape index (κ1) is 13.9. The number of benzene rings is 1. The van der Waals surface area contributed by atoms with Crippen molar-refractivity contribution < 1.29 is 4.74 Å². The molecule has 2 unspecified atom stereocenters. The second-order valence-corrected chi connectivity index (χ2v) is 5.99. The maximum atomic E-state index is 5.54. The average molecular weight is 312 g/mol. The Morgan fingerprint density at radius 3 is 2.89 bits per heavy atom. The van der Waals surface area contributed by atoms with Crippen LogP contribution in [0, 0.1) is 5.92 Å². The van der Waals surface area contributed by atoms with E-state index in [2.05, 4.69) is 47.2 Å². The van der Waals surface area contributed by atoms with Gasteiger partial charge in [-0.2, -0.15) is 0 Å². The number of hydrogen-bond acceptors (Lipinski definition) is 2. The van der Waals surface area contributed by atoms with Crippen LogP contribution in [0.3, 0.4) is 0 Å². The van der Waals surface area contributed by atoms with Gasteiger partial charge in [-0.15, -0.1) is 0 Å². The molecule has 2 rings (SSSR count). The van der Waals surface area contributed by atoms with Gasteiger partial charge in [-0.3, -0.25) is 0 Å². The average Bonchev–Trinajstić information content (AvgIpc) is 2.51. The molecule has 1 aromatic carbocycles. The van der Waals surface area contributed by atoms with Crippen molar-refractivity contribution in [3.63, 3.8) is 0 Å². The van der Waals surface area contributed by atoms with E-state index in [1.807, 2.05) is 0 Å². The van der Waals surface area contributed by atoms with Gasteiger partial charge < -0.3 is 10.1 Å². The second kappa shape index (κ2) is 6.07. The molecule has 0 aromatic heterocycles. The lowest BCUT2D eigenvalue weighted by molar-refractivity contribution is 0.407. The lowest BCUT2D eigenvalue weighted by atomic mass is 9.96. The molecule has 2 atom stereocenters. The highest BCUT2D eigenvalue weighted by Gasteiger charge is 2.26. The van der Waals surface area contributed by atoms with Crippen LogP contribution in [0.15, 0.2) is 16.6 Å². The first-order valence-corrected chi connectivity index (χ1v) is 7.55. The molecule has 18 heavy (non-hydrogen) atoms. The van der Waals surface area contributed by atoms with E-state index in [1.54, 1.807) is 7.11 Å². The summed E-state index contributed by atoms with van der Waals surface area (Å²) in [6.45, 7) is 5.51. The number of halogens is 1. The summed E-state index contributed by atoms with van der Waals surface area (Å²) in [6, 6.07) is 4.62. The van der Waals surface area contributed by atoms with E-state index in [0.717, 1.165) is 24.6 Å². The molecule has 1 N–H and O–H groups in total. The summed E-state index contributed by atoms with van der Waals surface area (Å²) in [4.78, 5) is 0. The van der Waals surface area contributed by atoms with Gasteiger partial charge >= 0.3 is 0 Å². The monoisotopic (exact) mass is 311 g/mol. The van der Waals surface area contributed by atoms with Crippen molar-refractivity contribution in [2.24, 2.45) is 5.92 Å². The van der Waals surface area contributed by atoms with Gasteiger partial charge in [0.25, 0.3) is 0 Å². The third kappa shape index (κ3) is 2.72. The van der Waals surface area contributed by atoms with Gasteiger partial charge in [0.05, 0.1) is 7.11 Å². The summed E-state index contributed by atoms with van der Waals surface area (Å²) in [6.07, 6.45) is 3.55. The van der Waals surface area contributed by atoms with Crippen LogP contribution in [0.1, 0.15) is 43.9 Å². The zero-order valence-corrected chi connectivity index (χ0v) is 13.0. The molecule has 0 amide bonds. The van der Waals surface area contributed by atoms with Gasteiger partial charge in [0.2, 0.25) is 0 Å². The minimum atomic E-state index is 0.437. The largest absolute Gasteiger partial charge is 0.496 e. The van der Waals surface area contributed by atoms with E-state index in [-0.39, 0.29) is 0 Å². The molecule has 1 aliphatic rings. The molecule has 3 heteroatoms. The molecule has 0 spiro atoms. The Labute approximate surface area is 118 Å². The Bertz CT molecular complexity index is 419. The highest BCUT2D eigenvalue weighted by Crippen LogP contribution is 2.40. The molecule has 0 saturated carbocycles. The van der Waals surface area contributed by atoms with Gasteiger partial charge in [0.15, 0.2) is 0 Å². The van der Waals surface area contributed by atoms with E-state index >= 15 is 0 Å². The maximum Gasteiger partial charge on any atom is 0.122 e. The molecule has 0 bridgehead atoms. The molecule has 1 aromatic rings. The number of rotatable bonds is 3. The molecule has 0 fully saturated rings. The fourth-order valence-electron chi connectivity index (χ4n) is 2.90. The SMILES string of the molecule is CCNC1CC(C)CCc2c(OC)ccc(Br)c21. The summed E-state index contributed by atoms with van der Waals surface area (Å²) < 4.78 is 6.74. The number of methoxy groups -OCH3 is 1. The molecular formula is C15H22BrNO. The standard InChI is InChI=1S/C15H22BrNO/c1-4-17-13-9-10(2)5-6-11-14(18-3)8-7-12(16)15(11)13/h7-8,10,13,17H,4-6,9H2,1-3H3. The van der Waals surface area contributed by atoms with Crippen LogP contribution in [0.25, 0.3) is 0 Å². The van der Waals surface area contributed by atoms with E-state index in [4.69, 9.17) is 4.74 Å². The van der Waals surface area contributed by atoms with Crippen LogP contribution in [-0.2, 0) is 6.42 Å². The predicted octanol–water partition coefficient (Wildman–Crippen LogP) is 4.08. The zero-order chi connectivity index (χ0) is 13.1. The molecule has 100 valence electrons. The van der Waals surface area contributed by atoms with Crippen LogP contribution < -0.4 is 10.1 Å². The minimum absolute atomic E-state index is 0.437. The van der Waals surface area contributed by atoms with Crippen molar-refractivity contribution >= 4 is 15.9 Å². The highest BCUT2D eigenvalue weighted by atomic mass is 79.9. The van der Waals surface area contributed by atoms with Crippen molar-refractivity contribution in [1.29, 1.82) is 0 Å². The Balaban J connectivity index is 2.49. The Hall–Kier alpha value is -0.540. The van der Waals surface area contributed by atoms with Crippen molar-refractivity contribution in [3.05, 3.63) is 27.7 Å². The molecule has 1 aliphatic carbocycles. The summed E-state index contributed by atoms with van der Waals surface area (Å²) in [7, 11) is 1.76. The van der Waals surface area contributed by atoms with Crippen LogP contribution in [0.4, 0.5) is 0 Å². The van der Waals surface area contributed by atoms with Gasteiger partial charge in [0.1, 0.15) is 5.75 Å². The van der Waals surface area contributed by atoms with Gasteiger partial charge in [-0.1, -0.05) is 29.8 Å². The molecule has 0 radical (unpaired) electrons. The summed E-state index contributed by atoms with van der Waals surface area (Å²) in [5.74, 6) is 1.78. The Kier molecular flexibility index (Phi) is 4.68. The zero-order valence-electron chi connectivity index (χ0n) is 11.4. The third-order valence-corrected chi connectivity index (χ3v) is 4.50. The van der Waals surface area contributed by atoms with Crippen molar-refractivity contribution in [2.45, 2.75) is 39.2 Å². The van der Waals surface area contributed by atoms with Crippen LogP contribution in [0.2, 0.25) is 0 Å². The van der Waals surface area contributed by atoms with Crippen molar-refractivity contribution in [1.82, 2.24) is 5.32 Å². The Morgan fingerprint density at radius 1 is 1.44 bits per heavy atom. The number of fused-ring (bicyclic) bond motifs is 1. The molecular weight excluding hydrogens is 290 g/mol. The fraction of sp³-hybridized carbons (Fsp3) is 0.600. The van der Waals surface area contributed by atoms with Crippen LogP contribution >= 0.6 is 15.9 Å². The van der Waals surface area contributed by atoms with E-state index in [0.29, 0.717) is 6.04 Å². The smallest absolute Gasteiger partial charge is 0.122 e. The molecule has 0 heterocycles. The number of ether oxygens (including phenoxy) is 1. The maximum absolute atomic E-state index is 5.54. The summed E-state index contributed by atoms with van der Waals surface area (Å²) in [5.41, 5.74) is 2.78. The number of nitrogens with one attached hydrogen (secondary N) is 1. The number of hydrogen-bond donors (Lipinski definition) is 1. The predicted molar refractivity (Wildman–Crippen MR) is 79.2 cm³/mol. The molecule has 0 saturated heterocycles. The molecule has 2 nitrogen and oxygen atoms in total. The summed E-state index contributed by atoms with van der Waals surface area (Å²) in [5, 5.41) is 3.62. The van der Waals surface area contributed by atoms with Gasteiger partial charge in [-0.05, 0) is 49.4 Å². The van der Waals surface area contributed by atoms with Crippen molar-refractivity contribution in [3.8, 4) is 5.75 Å².